The highest BCUT2D eigenvalue weighted by molar-refractivity contribution is 5.89. The van der Waals surface area contributed by atoms with Crippen LogP contribution in [0, 0.1) is 0 Å². The molecule has 0 aromatic carbocycles. The zero-order chi connectivity index (χ0) is 14.4. The van der Waals surface area contributed by atoms with Gasteiger partial charge in [0.25, 0.3) is 0 Å². The number of fused-ring (bicyclic) bond motifs is 1. The Morgan fingerprint density at radius 3 is 3.05 bits per heavy atom. The zero-order valence-corrected chi connectivity index (χ0v) is 11.4. The number of nitrogens with zero attached hydrogens (tertiary/aromatic N) is 4. The Labute approximate surface area is 120 Å². The van der Waals surface area contributed by atoms with Crippen molar-refractivity contribution in [2.24, 2.45) is 5.73 Å². The topological polar surface area (TPSA) is 106 Å². The summed E-state index contributed by atoms with van der Waals surface area (Å²) in [7, 11) is 0. The molecule has 0 radical (unpaired) electrons. The molecule has 0 spiro atoms. The molecule has 1 fully saturated rings. The van der Waals surface area contributed by atoms with Gasteiger partial charge in [0.15, 0.2) is 0 Å². The molecular weight excluding hydrogens is 268 g/mol. The number of nitrogens with two attached hydrogens (primary N) is 1. The van der Waals surface area contributed by atoms with E-state index < -0.39 is 0 Å². The van der Waals surface area contributed by atoms with E-state index in [2.05, 4.69) is 20.1 Å². The normalized spacial score (nSPS) is 25.1. The molecule has 4 rings (SSSR count). The Morgan fingerprint density at radius 1 is 1.43 bits per heavy atom. The monoisotopic (exact) mass is 284 g/mol. The van der Waals surface area contributed by atoms with Crippen LogP contribution in [0.1, 0.15) is 12.8 Å². The van der Waals surface area contributed by atoms with Gasteiger partial charge in [-0.05, 0) is 18.9 Å². The highest BCUT2D eigenvalue weighted by Gasteiger charge is 2.44. The van der Waals surface area contributed by atoms with E-state index in [-0.39, 0.29) is 11.6 Å². The minimum atomic E-state index is -0.281. The average molecular weight is 284 g/mol. The number of aliphatic hydroxyl groups excluding tert-OH is 1. The second-order valence-corrected chi connectivity index (χ2v) is 5.63. The molecule has 3 heterocycles. The number of hydrogen-bond acceptors (Lipinski definition) is 5. The molecule has 0 saturated heterocycles. The van der Waals surface area contributed by atoms with Crippen LogP contribution in [0.25, 0.3) is 22.3 Å². The lowest BCUT2D eigenvalue weighted by molar-refractivity contribution is -0.0240. The Kier molecular flexibility index (Phi) is 2.60. The van der Waals surface area contributed by atoms with Crippen molar-refractivity contribution in [2.45, 2.75) is 24.5 Å². The smallest absolute Gasteiger partial charge is 0.141 e. The second-order valence-electron chi connectivity index (χ2n) is 5.63. The van der Waals surface area contributed by atoms with Crippen molar-refractivity contribution in [2.75, 3.05) is 6.54 Å². The van der Waals surface area contributed by atoms with Crippen LogP contribution in [0.15, 0.2) is 31.0 Å². The lowest BCUT2D eigenvalue weighted by atomic mass is 9.74. The van der Waals surface area contributed by atoms with Gasteiger partial charge in [-0.25, -0.2) is 9.97 Å². The van der Waals surface area contributed by atoms with Gasteiger partial charge in [-0.2, -0.15) is 5.10 Å². The van der Waals surface area contributed by atoms with Crippen molar-refractivity contribution in [3.05, 3.63) is 31.0 Å². The van der Waals surface area contributed by atoms with Crippen LogP contribution in [0.4, 0.5) is 0 Å². The first-order valence-electron chi connectivity index (χ1n) is 6.94. The number of H-pyrrole nitrogens is 1. The fourth-order valence-corrected chi connectivity index (χ4v) is 3.07. The average Bonchev–Trinajstić information content (AvgIpc) is 3.12. The van der Waals surface area contributed by atoms with Crippen LogP contribution in [0.2, 0.25) is 0 Å². The zero-order valence-electron chi connectivity index (χ0n) is 11.4. The van der Waals surface area contributed by atoms with E-state index in [0.717, 1.165) is 22.3 Å². The van der Waals surface area contributed by atoms with Crippen LogP contribution in [0.3, 0.4) is 0 Å². The Bertz CT molecular complexity index is 785. The molecule has 7 nitrogen and oxygen atoms in total. The standard InChI is InChI=1S/C14H16N6O/c15-7-14(3-10(21)4-14)20-6-9(5-19-20)12-11-1-2-16-13(11)18-8-17-12/h1-2,5-6,8,10,21H,3-4,7,15H2,(H,16,17,18). The summed E-state index contributed by atoms with van der Waals surface area (Å²) in [6, 6.07) is 1.95. The molecular formula is C14H16N6O. The number of aliphatic hydroxyl groups is 1. The molecule has 0 aliphatic heterocycles. The molecule has 3 aromatic rings. The third-order valence-electron chi connectivity index (χ3n) is 4.31. The van der Waals surface area contributed by atoms with Gasteiger partial charge in [0.1, 0.15) is 12.0 Å². The Balaban J connectivity index is 1.76. The molecule has 0 amide bonds. The highest BCUT2D eigenvalue weighted by Crippen LogP contribution is 2.39. The molecule has 3 aromatic heterocycles. The molecule has 1 saturated carbocycles. The maximum Gasteiger partial charge on any atom is 0.141 e. The highest BCUT2D eigenvalue weighted by atomic mass is 16.3. The fourth-order valence-electron chi connectivity index (χ4n) is 3.07. The molecule has 7 heteroatoms. The van der Waals surface area contributed by atoms with Gasteiger partial charge in [-0.3, -0.25) is 4.68 Å². The summed E-state index contributed by atoms with van der Waals surface area (Å²) in [5.74, 6) is 0. The first-order chi connectivity index (χ1) is 10.2. The van der Waals surface area contributed by atoms with Gasteiger partial charge in [-0.15, -0.1) is 0 Å². The second kappa shape index (κ2) is 4.37. The molecule has 0 unspecified atom stereocenters. The minimum absolute atomic E-state index is 0.262. The van der Waals surface area contributed by atoms with Crippen LogP contribution in [0.5, 0.6) is 0 Å². The maximum atomic E-state index is 9.59. The van der Waals surface area contributed by atoms with Crippen molar-refractivity contribution < 1.29 is 5.11 Å². The van der Waals surface area contributed by atoms with E-state index in [4.69, 9.17) is 5.73 Å². The van der Waals surface area contributed by atoms with Gasteiger partial charge in [0, 0.05) is 29.9 Å². The molecule has 1 aliphatic carbocycles. The number of rotatable bonds is 3. The lowest BCUT2D eigenvalue weighted by Crippen LogP contribution is -2.54. The predicted octanol–water partition coefficient (Wildman–Crippen LogP) is 0.630. The van der Waals surface area contributed by atoms with E-state index >= 15 is 0 Å². The molecule has 0 bridgehead atoms. The fraction of sp³-hybridized carbons (Fsp3) is 0.357. The number of nitrogens with one attached hydrogen (secondary N) is 1. The number of hydrogen-bond donors (Lipinski definition) is 3. The van der Waals surface area contributed by atoms with Crippen molar-refractivity contribution >= 4 is 11.0 Å². The minimum Gasteiger partial charge on any atom is -0.393 e. The summed E-state index contributed by atoms with van der Waals surface area (Å²) in [5.41, 5.74) is 8.20. The summed E-state index contributed by atoms with van der Waals surface area (Å²) in [4.78, 5) is 11.6. The van der Waals surface area contributed by atoms with E-state index in [1.807, 2.05) is 23.1 Å². The van der Waals surface area contributed by atoms with Gasteiger partial charge in [-0.1, -0.05) is 0 Å². The number of aromatic amines is 1. The lowest BCUT2D eigenvalue weighted by Gasteiger charge is -2.44. The van der Waals surface area contributed by atoms with Crippen LogP contribution in [-0.4, -0.2) is 42.5 Å². The SMILES string of the molecule is NCC1(n2cc(-c3ncnc4[nH]ccc34)cn2)CC(O)C1. The van der Waals surface area contributed by atoms with Gasteiger partial charge >= 0.3 is 0 Å². The van der Waals surface area contributed by atoms with Gasteiger partial charge in [0.2, 0.25) is 0 Å². The van der Waals surface area contributed by atoms with Crippen molar-refractivity contribution in [1.82, 2.24) is 24.7 Å². The Hall–Kier alpha value is -2.25. The molecule has 4 N–H and O–H groups in total. The van der Waals surface area contributed by atoms with Gasteiger partial charge in [0.05, 0.1) is 23.5 Å². The summed E-state index contributed by atoms with van der Waals surface area (Å²) < 4.78 is 1.87. The molecule has 0 atom stereocenters. The van der Waals surface area contributed by atoms with E-state index in [1.54, 1.807) is 6.20 Å². The quantitative estimate of drug-likeness (QED) is 0.654. The molecule has 108 valence electrons. The first kappa shape index (κ1) is 12.5. The van der Waals surface area contributed by atoms with Crippen LogP contribution in [-0.2, 0) is 5.54 Å². The predicted molar refractivity (Wildman–Crippen MR) is 77.4 cm³/mol. The van der Waals surface area contributed by atoms with E-state index in [0.29, 0.717) is 19.4 Å². The molecule has 1 aliphatic rings. The van der Waals surface area contributed by atoms with Crippen molar-refractivity contribution in [1.29, 1.82) is 0 Å². The Morgan fingerprint density at radius 2 is 2.29 bits per heavy atom. The summed E-state index contributed by atoms with van der Waals surface area (Å²) in [6.07, 6.45) is 8.14. The third kappa shape index (κ3) is 1.78. The van der Waals surface area contributed by atoms with Gasteiger partial charge < -0.3 is 15.8 Å². The van der Waals surface area contributed by atoms with E-state index in [9.17, 15) is 5.11 Å². The van der Waals surface area contributed by atoms with Crippen molar-refractivity contribution in [3.63, 3.8) is 0 Å². The molecule has 21 heavy (non-hydrogen) atoms. The third-order valence-corrected chi connectivity index (χ3v) is 4.31. The van der Waals surface area contributed by atoms with Crippen LogP contribution < -0.4 is 5.73 Å². The summed E-state index contributed by atoms with van der Waals surface area (Å²) >= 11 is 0. The van der Waals surface area contributed by atoms with Crippen LogP contribution >= 0.6 is 0 Å². The summed E-state index contributed by atoms with van der Waals surface area (Å²) in [5, 5.41) is 15.0. The van der Waals surface area contributed by atoms with E-state index in [1.165, 1.54) is 6.33 Å². The largest absolute Gasteiger partial charge is 0.393 e. The maximum absolute atomic E-state index is 9.59. The first-order valence-corrected chi connectivity index (χ1v) is 6.94. The van der Waals surface area contributed by atoms with Crippen molar-refractivity contribution in [3.8, 4) is 11.3 Å². The number of aromatic nitrogens is 5. The summed E-state index contributed by atoms with van der Waals surface area (Å²) in [6.45, 7) is 0.467.